The van der Waals surface area contributed by atoms with Crippen LogP contribution >= 0.6 is 11.6 Å². The highest BCUT2D eigenvalue weighted by Gasteiger charge is 2.13. The summed E-state index contributed by atoms with van der Waals surface area (Å²) < 4.78 is 13.7. The summed E-state index contributed by atoms with van der Waals surface area (Å²) in [6.45, 7) is 6.11. The summed E-state index contributed by atoms with van der Waals surface area (Å²) in [5.74, 6) is 0.183. The van der Waals surface area contributed by atoms with Crippen LogP contribution < -0.4 is 0 Å². The van der Waals surface area contributed by atoms with Gasteiger partial charge in [-0.2, -0.15) is 5.26 Å². The van der Waals surface area contributed by atoms with E-state index in [1.54, 1.807) is 12.1 Å². The molecule has 18 heavy (non-hydrogen) atoms. The predicted octanol–water partition coefficient (Wildman–Crippen LogP) is 3.85. The molecule has 0 saturated carbocycles. The maximum atomic E-state index is 13.7. The van der Waals surface area contributed by atoms with Crippen molar-refractivity contribution in [3.8, 4) is 6.07 Å². The second-order valence-electron chi connectivity index (χ2n) is 4.74. The number of halogens is 2. The second-order valence-corrected chi connectivity index (χ2v) is 5.14. The van der Waals surface area contributed by atoms with Crippen molar-refractivity contribution in [3.63, 3.8) is 0 Å². The molecular formula is C14H18ClFN2. The van der Waals surface area contributed by atoms with Gasteiger partial charge in [0.15, 0.2) is 0 Å². The molecule has 0 aromatic heterocycles. The van der Waals surface area contributed by atoms with Gasteiger partial charge in [0.1, 0.15) is 5.82 Å². The smallest absolute Gasteiger partial charge is 0.129 e. The van der Waals surface area contributed by atoms with E-state index >= 15 is 0 Å². The van der Waals surface area contributed by atoms with E-state index in [1.807, 2.05) is 0 Å². The zero-order valence-corrected chi connectivity index (χ0v) is 11.5. The molecule has 0 aliphatic heterocycles. The molecular weight excluding hydrogens is 251 g/mol. The van der Waals surface area contributed by atoms with Crippen molar-refractivity contribution in [2.75, 3.05) is 13.1 Å². The molecule has 0 atom stereocenters. The fraction of sp³-hybridized carbons (Fsp3) is 0.500. The summed E-state index contributed by atoms with van der Waals surface area (Å²) in [7, 11) is 0. The lowest BCUT2D eigenvalue weighted by Gasteiger charge is -2.24. The van der Waals surface area contributed by atoms with Crippen LogP contribution in [0.2, 0.25) is 5.02 Å². The van der Waals surface area contributed by atoms with E-state index in [0.717, 1.165) is 6.54 Å². The lowest BCUT2D eigenvalue weighted by atomic mass is 10.1. The summed E-state index contributed by atoms with van der Waals surface area (Å²) in [5.41, 5.74) is 0.512. The molecule has 1 rings (SSSR count). The number of hydrogen-bond acceptors (Lipinski definition) is 2. The van der Waals surface area contributed by atoms with Crippen LogP contribution in [0.3, 0.4) is 0 Å². The lowest BCUT2D eigenvalue weighted by Crippen LogP contribution is -2.28. The molecule has 0 amide bonds. The van der Waals surface area contributed by atoms with Crippen molar-refractivity contribution >= 4 is 11.6 Å². The molecule has 0 bridgehead atoms. The number of nitriles is 1. The molecule has 0 radical (unpaired) electrons. The minimum atomic E-state index is -0.284. The SMILES string of the molecule is CC(C)CN(CCC#N)Cc1c(F)cccc1Cl. The number of hydrogen-bond donors (Lipinski definition) is 0. The van der Waals surface area contributed by atoms with Gasteiger partial charge in [-0.3, -0.25) is 4.90 Å². The summed E-state index contributed by atoms with van der Waals surface area (Å²) in [5, 5.41) is 9.09. The van der Waals surface area contributed by atoms with E-state index in [9.17, 15) is 4.39 Å². The van der Waals surface area contributed by atoms with Gasteiger partial charge in [-0.25, -0.2) is 4.39 Å². The topological polar surface area (TPSA) is 27.0 Å². The Labute approximate surface area is 113 Å². The quantitative estimate of drug-likeness (QED) is 0.784. The Morgan fingerprint density at radius 3 is 2.72 bits per heavy atom. The largest absolute Gasteiger partial charge is 0.298 e. The van der Waals surface area contributed by atoms with Crippen molar-refractivity contribution in [2.45, 2.75) is 26.8 Å². The highest BCUT2D eigenvalue weighted by Crippen LogP contribution is 2.21. The Hall–Kier alpha value is -1.11. The number of benzene rings is 1. The van der Waals surface area contributed by atoms with Gasteiger partial charge in [-0.15, -0.1) is 0 Å². The molecule has 0 fully saturated rings. The Balaban J connectivity index is 2.78. The van der Waals surface area contributed by atoms with Crippen LogP contribution in [-0.2, 0) is 6.54 Å². The first-order valence-corrected chi connectivity index (χ1v) is 6.44. The average Bonchev–Trinajstić information content (AvgIpc) is 2.30. The van der Waals surface area contributed by atoms with Crippen molar-refractivity contribution in [3.05, 3.63) is 34.6 Å². The maximum Gasteiger partial charge on any atom is 0.129 e. The molecule has 4 heteroatoms. The van der Waals surface area contributed by atoms with Gasteiger partial charge in [0, 0.05) is 36.6 Å². The van der Waals surface area contributed by atoms with E-state index in [4.69, 9.17) is 16.9 Å². The molecule has 1 aromatic rings. The third-order valence-corrected chi connectivity index (χ3v) is 2.96. The minimum absolute atomic E-state index is 0.284. The monoisotopic (exact) mass is 268 g/mol. The lowest BCUT2D eigenvalue weighted by molar-refractivity contribution is 0.238. The minimum Gasteiger partial charge on any atom is -0.298 e. The van der Waals surface area contributed by atoms with Gasteiger partial charge >= 0.3 is 0 Å². The standard InChI is InChI=1S/C14H18ClFN2/c1-11(2)9-18(8-4-7-17)10-12-13(15)5-3-6-14(12)16/h3,5-6,11H,4,8-10H2,1-2H3. The maximum absolute atomic E-state index is 13.7. The summed E-state index contributed by atoms with van der Waals surface area (Å²) in [6, 6.07) is 6.83. The van der Waals surface area contributed by atoms with Gasteiger partial charge in [0.25, 0.3) is 0 Å². The number of rotatable bonds is 6. The molecule has 98 valence electrons. The second kappa shape index (κ2) is 7.35. The van der Waals surface area contributed by atoms with Crippen LogP contribution in [0.15, 0.2) is 18.2 Å². The average molecular weight is 269 g/mol. The highest BCUT2D eigenvalue weighted by molar-refractivity contribution is 6.31. The Morgan fingerprint density at radius 2 is 2.17 bits per heavy atom. The van der Waals surface area contributed by atoms with Gasteiger partial charge in [0.2, 0.25) is 0 Å². The zero-order valence-electron chi connectivity index (χ0n) is 10.8. The van der Waals surface area contributed by atoms with Crippen molar-refractivity contribution in [1.29, 1.82) is 5.26 Å². The Kier molecular flexibility index (Phi) is 6.11. The third kappa shape index (κ3) is 4.64. The van der Waals surface area contributed by atoms with Crippen molar-refractivity contribution in [1.82, 2.24) is 4.90 Å². The summed E-state index contributed by atoms with van der Waals surface area (Å²) in [4.78, 5) is 2.07. The molecule has 0 aliphatic carbocycles. The first-order valence-electron chi connectivity index (χ1n) is 6.06. The summed E-state index contributed by atoms with van der Waals surface area (Å²) in [6.07, 6.45) is 0.443. The van der Waals surface area contributed by atoms with Crippen LogP contribution in [0, 0.1) is 23.1 Å². The van der Waals surface area contributed by atoms with Gasteiger partial charge in [-0.1, -0.05) is 31.5 Å². The van der Waals surface area contributed by atoms with Gasteiger partial charge in [0.05, 0.1) is 6.07 Å². The van der Waals surface area contributed by atoms with Gasteiger partial charge in [-0.05, 0) is 18.1 Å². The number of nitrogens with zero attached hydrogens (tertiary/aromatic N) is 2. The van der Waals surface area contributed by atoms with Crippen LogP contribution in [0.5, 0.6) is 0 Å². The molecule has 0 unspecified atom stereocenters. The fourth-order valence-electron chi connectivity index (χ4n) is 1.87. The first-order chi connectivity index (χ1) is 8.54. The fourth-order valence-corrected chi connectivity index (χ4v) is 2.09. The predicted molar refractivity (Wildman–Crippen MR) is 71.8 cm³/mol. The van der Waals surface area contributed by atoms with E-state index in [2.05, 4.69) is 24.8 Å². The molecule has 0 N–H and O–H groups in total. The molecule has 2 nitrogen and oxygen atoms in total. The van der Waals surface area contributed by atoms with Crippen LogP contribution in [0.1, 0.15) is 25.8 Å². The Morgan fingerprint density at radius 1 is 1.44 bits per heavy atom. The van der Waals surface area contributed by atoms with Crippen molar-refractivity contribution < 1.29 is 4.39 Å². The van der Waals surface area contributed by atoms with Crippen molar-refractivity contribution in [2.24, 2.45) is 5.92 Å². The molecule has 1 aromatic carbocycles. The highest BCUT2D eigenvalue weighted by atomic mass is 35.5. The molecule has 0 aliphatic rings. The zero-order chi connectivity index (χ0) is 13.5. The Bertz CT molecular complexity index is 406. The molecule has 0 heterocycles. The van der Waals surface area contributed by atoms with Gasteiger partial charge < -0.3 is 0 Å². The van der Waals surface area contributed by atoms with Crippen LogP contribution in [-0.4, -0.2) is 18.0 Å². The third-order valence-electron chi connectivity index (χ3n) is 2.61. The molecule has 0 spiro atoms. The first kappa shape index (κ1) is 14.9. The van der Waals surface area contributed by atoms with E-state index in [1.165, 1.54) is 6.07 Å². The van der Waals surface area contributed by atoms with E-state index < -0.39 is 0 Å². The normalized spacial score (nSPS) is 10.9. The van der Waals surface area contributed by atoms with Crippen LogP contribution in [0.25, 0.3) is 0 Å². The molecule has 0 saturated heterocycles. The van der Waals surface area contributed by atoms with E-state index in [-0.39, 0.29) is 5.82 Å². The summed E-state index contributed by atoms with van der Waals surface area (Å²) >= 11 is 6.01. The van der Waals surface area contributed by atoms with Crippen LogP contribution in [0.4, 0.5) is 4.39 Å². The van der Waals surface area contributed by atoms with E-state index in [0.29, 0.717) is 36.0 Å².